The van der Waals surface area contributed by atoms with Crippen molar-refractivity contribution in [3.8, 4) is 0 Å². The van der Waals surface area contributed by atoms with Crippen LogP contribution in [-0.4, -0.2) is 17.4 Å². The molecule has 3 fully saturated rings. The number of alkyl halides is 2. The van der Waals surface area contributed by atoms with E-state index in [0.717, 1.165) is 5.56 Å². The predicted molar refractivity (Wildman–Crippen MR) is 66.2 cm³/mol. The Hall–Kier alpha value is -0.730. The van der Waals surface area contributed by atoms with Crippen molar-refractivity contribution in [2.45, 2.75) is 22.6 Å². The Balaban J connectivity index is 1.96. The Bertz CT molecular complexity index is 475. The molecule has 1 aromatic carbocycles. The summed E-state index contributed by atoms with van der Waals surface area (Å²) in [6.07, 6.45) is 1.37. The van der Waals surface area contributed by atoms with Gasteiger partial charge in [0.25, 0.3) is 0 Å². The number of methoxy groups -OCH3 is 1. The van der Waals surface area contributed by atoms with Crippen LogP contribution < -0.4 is 0 Å². The van der Waals surface area contributed by atoms with Gasteiger partial charge < -0.3 is 4.74 Å². The van der Waals surface area contributed by atoms with E-state index in [4.69, 9.17) is 27.9 Å². The van der Waals surface area contributed by atoms with E-state index in [1.54, 1.807) is 0 Å². The lowest BCUT2D eigenvalue weighted by atomic mass is 9.32. The molecule has 2 bridgehead atoms. The summed E-state index contributed by atoms with van der Waals surface area (Å²) >= 11 is 12.8. The number of ether oxygens (including phenoxy) is 1. The van der Waals surface area contributed by atoms with Gasteiger partial charge in [0.2, 0.25) is 0 Å². The highest BCUT2D eigenvalue weighted by Gasteiger charge is 2.88. The van der Waals surface area contributed by atoms with Crippen molar-refractivity contribution < 1.29 is 9.53 Å². The number of carbonyl (C=O) groups is 1. The van der Waals surface area contributed by atoms with E-state index in [1.165, 1.54) is 7.11 Å². The van der Waals surface area contributed by atoms with Crippen molar-refractivity contribution >= 4 is 29.2 Å². The van der Waals surface area contributed by atoms with E-state index < -0.39 is 9.75 Å². The Labute approximate surface area is 110 Å². The highest BCUT2D eigenvalue weighted by Crippen LogP contribution is 2.83. The van der Waals surface area contributed by atoms with Gasteiger partial charge in [0.15, 0.2) is 0 Å². The summed E-state index contributed by atoms with van der Waals surface area (Å²) < 4.78 is 3.77. The summed E-state index contributed by atoms with van der Waals surface area (Å²) in [6, 6.07) is 9.91. The lowest BCUT2D eigenvalue weighted by Gasteiger charge is -2.76. The average molecular weight is 271 g/mol. The molecule has 0 spiro atoms. The number of rotatable bonds is 2. The fraction of sp³-hybridized carbons (Fsp3) is 0.462. The zero-order chi connectivity index (χ0) is 12.3. The first-order valence-corrected chi connectivity index (χ1v) is 6.28. The van der Waals surface area contributed by atoms with Gasteiger partial charge in [-0.05, 0) is 18.4 Å². The summed E-state index contributed by atoms with van der Waals surface area (Å²) in [4.78, 5) is 11.8. The fourth-order valence-corrected chi connectivity index (χ4v) is 4.18. The molecule has 0 saturated heterocycles. The predicted octanol–water partition coefficient (Wildman–Crippen LogP) is 3.07. The van der Waals surface area contributed by atoms with Gasteiger partial charge in [0.1, 0.15) is 9.75 Å². The molecular weight excluding hydrogens is 259 g/mol. The molecule has 0 aromatic heterocycles. The zero-order valence-electron chi connectivity index (χ0n) is 9.37. The maximum atomic E-state index is 11.8. The summed E-state index contributed by atoms with van der Waals surface area (Å²) in [6.45, 7) is 0. The van der Waals surface area contributed by atoms with Crippen LogP contribution in [-0.2, 0) is 14.9 Å². The minimum Gasteiger partial charge on any atom is -0.469 e. The third-order valence-corrected chi connectivity index (χ3v) is 5.76. The minimum atomic E-state index is -1.03. The highest BCUT2D eigenvalue weighted by molar-refractivity contribution is 6.53. The van der Waals surface area contributed by atoms with Gasteiger partial charge in [0.05, 0.1) is 7.11 Å². The van der Waals surface area contributed by atoms with Gasteiger partial charge in [-0.1, -0.05) is 53.5 Å². The Morgan fingerprint density at radius 2 is 1.82 bits per heavy atom. The third kappa shape index (κ3) is 1.02. The number of halogens is 2. The second-order valence-corrected chi connectivity index (χ2v) is 6.28. The first-order valence-electron chi connectivity index (χ1n) is 5.52. The summed E-state index contributed by atoms with van der Waals surface area (Å²) in [5, 5.41) is 0. The van der Waals surface area contributed by atoms with E-state index in [0.29, 0.717) is 12.8 Å². The number of benzene rings is 1. The van der Waals surface area contributed by atoms with Crippen molar-refractivity contribution in [1.82, 2.24) is 0 Å². The maximum Gasteiger partial charge on any atom is 0.314 e. The molecule has 90 valence electrons. The number of esters is 1. The smallest absolute Gasteiger partial charge is 0.314 e. The largest absolute Gasteiger partial charge is 0.469 e. The molecule has 1 aromatic rings. The molecule has 3 aliphatic rings. The van der Waals surface area contributed by atoms with E-state index in [9.17, 15) is 4.79 Å². The number of hydrogen-bond donors (Lipinski definition) is 0. The second-order valence-electron chi connectivity index (χ2n) is 4.95. The molecule has 0 aliphatic heterocycles. The van der Waals surface area contributed by atoms with Crippen LogP contribution >= 0.6 is 23.2 Å². The van der Waals surface area contributed by atoms with Gasteiger partial charge in [-0.2, -0.15) is 0 Å². The molecule has 2 nitrogen and oxygen atoms in total. The van der Waals surface area contributed by atoms with Crippen LogP contribution in [0.3, 0.4) is 0 Å². The average Bonchev–Trinajstić information content (AvgIpc) is 2.28. The van der Waals surface area contributed by atoms with Crippen molar-refractivity contribution in [3.63, 3.8) is 0 Å². The van der Waals surface area contributed by atoms with Crippen LogP contribution in [0.15, 0.2) is 30.3 Å². The van der Waals surface area contributed by atoms with Crippen molar-refractivity contribution in [2.24, 2.45) is 5.41 Å². The summed E-state index contributed by atoms with van der Waals surface area (Å²) in [5.74, 6) is -0.291. The Morgan fingerprint density at radius 1 is 1.24 bits per heavy atom. The van der Waals surface area contributed by atoms with Crippen LogP contribution in [0.2, 0.25) is 0 Å². The summed E-state index contributed by atoms with van der Waals surface area (Å²) in [5.41, 5.74) is 0.141. The van der Waals surface area contributed by atoms with Crippen LogP contribution in [0, 0.1) is 5.41 Å². The number of carbonyl (C=O) groups excluding carboxylic acids is 1. The Morgan fingerprint density at radius 3 is 2.29 bits per heavy atom. The van der Waals surface area contributed by atoms with Gasteiger partial charge in [-0.25, -0.2) is 0 Å². The lowest BCUT2D eigenvalue weighted by Crippen LogP contribution is -2.83. The van der Waals surface area contributed by atoms with Gasteiger partial charge >= 0.3 is 5.97 Å². The monoisotopic (exact) mass is 270 g/mol. The second kappa shape index (κ2) is 3.18. The van der Waals surface area contributed by atoms with E-state index in [2.05, 4.69) is 0 Å². The maximum absolute atomic E-state index is 11.8. The highest BCUT2D eigenvalue weighted by atomic mass is 35.5. The van der Waals surface area contributed by atoms with Crippen molar-refractivity contribution in [3.05, 3.63) is 35.9 Å². The Kier molecular flexibility index (Phi) is 2.13. The van der Waals surface area contributed by atoms with E-state index in [-0.39, 0.29) is 11.4 Å². The standard InChI is InChI=1S/C13H12Cl2O2/c1-17-10(16)12-7-11(8-12,13(12,14)15)9-5-3-2-4-6-9/h2-6H,7-8H2,1H3. The van der Waals surface area contributed by atoms with Crippen molar-refractivity contribution in [2.75, 3.05) is 7.11 Å². The normalized spacial score (nSPS) is 36.6. The molecule has 0 amide bonds. The van der Waals surface area contributed by atoms with Crippen LogP contribution in [0.25, 0.3) is 0 Å². The third-order valence-electron chi connectivity index (χ3n) is 4.31. The SMILES string of the molecule is COC(=O)C12CC(c3ccccc3)(C1)C2(Cl)Cl. The lowest BCUT2D eigenvalue weighted by molar-refractivity contribution is -0.203. The first-order chi connectivity index (χ1) is 8.00. The van der Waals surface area contributed by atoms with Crippen LogP contribution in [0.5, 0.6) is 0 Å². The van der Waals surface area contributed by atoms with Crippen molar-refractivity contribution in [1.29, 1.82) is 0 Å². The number of hydrogen-bond acceptors (Lipinski definition) is 2. The molecule has 0 atom stereocenters. The topological polar surface area (TPSA) is 26.3 Å². The molecule has 3 saturated carbocycles. The molecule has 17 heavy (non-hydrogen) atoms. The molecule has 0 heterocycles. The van der Waals surface area contributed by atoms with Crippen LogP contribution in [0.1, 0.15) is 18.4 Å². The van der Waals surface area contributed by atoms with Crippen LogP contribution in [0.4, 0.5) is 0 Å². The molecular formula is C13H12Cl2O2. The minimum absolute atomic E-state index is 0.272. The van der Waals surface area contributed by atoms with E-state index >= 15 is 0 Å². The molecule has 4 rings (SSSR count). The molecule has 3 aliphatic carbocycles. The molecule has 0 N–H and O–H groups in total. The quantitative estimate of drug-likeness (QED) is 0.610. The zero-order valence-corrected chi connectivity index (χ0v) is 10.9. The first kappa shape index (κ1) is 11.4. The van der Waals surface area contributed by atoms with E-state index in [1.807, 2.05) is 30.3 Å². The van der Waals surface area contributed by atoms with Gasteiger partial charge in [0, 0.05) is 5.41 Å². The molecule has 0 unspecified atom stereocenters. The van der Waals surface area contributed by atoms with Gasteiger partial charge in [-0.3, -0.25) is 4.79 Å². The summed E-state index contributed by atoms with van der Waals surface area (Å²) in [7, 11) is 1.38. The fourth-order valence-electron chi connectivity index (χ4n) is 3.28. The molecule has 0 radical (unpaired) electrons. The van der Waals surface area contributed by atoms with Gasteiger partial charge in [-0.15, -0.1) is 0 Å². The molecule has 4 heteroatoms.